The highest BCUT2D eigenvalue weighted by Crippen LogP contribution is 2.23. The first kappa shape index (κ1) is 14.1. The van der Waals surface area contributed by atoms with E-state index in [9.17, 15) is 4.39 Å². The van der Waals surface area contributed by atoms with Crippen molar-refractivity contribution >= 4 is 32.4 Å². The third-order valence-corrected chi connectivity index (χ3v) is 4.08. The lowest BCUT2D eigenvalue weighted by Crippen LogP contribution is -2.01. The molecule has 0 aliphatic heterocycles. The molecule has 0 saturated heterocycles. The zero-order valence-corrected chi connectivity index (χ0v) is 13.2. The van der Waals surface area contributed by atoms with Gasteiger partial charge in [-0.3, -0.25) is 0 Å². The summed E-state index contributed by atoms with van der Waals surface area (Å²) in [6.45, 7) is 2.62. The van der Waals surface area contributed by atoms with Crippen LogP contribution in [0.1, 0.15) is 11.1 Å². The second kappa shape index (κ2) is 5.86. The Hall–Kier alpha value is -1.87. The first-order valence-electron chi connectivity index (χ1n) is 6.80. The van der Waals surface area contributed by atoms with Crippen LogP contribution in [-0.4, -0.2) is 0 Å². The molecule has 0 saturated carbocycles. The van der Waals surface area contributed by atoms with Crippen molar-refractivity contribution in [2.45, 2.75) is 13.5 Å². The molecule has 0 heterocycles. The minimum Gasteiger partial charge on any atom is -0.381 e. The van der Waals surface area contributed by atoms with Gasteiger partial charge in [-0.1, -0.05) is 34.1 Å². The summed E-state index contributed by atoms with van der Waals surface area (Å²) in [5, 5.41) is 5.79. The quantitative estimate of drug-likeness (QED) is 0.646. The van der Waals surface area contributed by atoms with E-state index >= 15 is 0 Å². The van der Waals surface area contributed by atoms with Crippen molar-refractivity contribution in [1.82, 2.24) is 0 Å². The van der Waals surface area contributed by atoms with Crippen molar-refractivity contribution in [3.63, 3.8) is 0 Å². The molecule has 0 amide bonds. The first-order valence-corrected chi connectivity index (χ1v) is 7.59. The molecule has 3 aromatic carbocycles. The van der Waals surface area contributed by atoms with Crippen molar-refractivity contribution < 1.29 is 4.39 Å². The number of halogens is 2. The molecule has 0 aromatic heterocycles. The van der Waals surface area contributed by atoms with E-state index in [2.05, 4.69) is 51.6 Å². The van der Waals surface area contributed by atoms with Crippen LogP contribution in [0.2, 0.25) is 0 Å². The van der Waals surface area contributed by atoms with E-state index in [1.54, 1.807) is 6.07 Å². The average molecular weight is 344 g/mol. The van der Waals surface area contributed by atoms with Crippen LogP contribution in [0.4, 0.5) is 10.1 Å². The molecule has 3 heteroatoms. The average Bonchev–Trinajstić information content (AvgIpc) is 2.46. The molecular weight excluding hydrogens is 329 g/mol. The molecule has 3 aromatic rings. The number of aryl methyl sites for hydroxylation is 1. The van der Waals surface area contributed by atoms with E-state index in [0.29, 0.717) is 6.54 Å². The summed E-state index contributed by atoms with van der Waals surface area (Å²) in [5.74, 6) is -0.187. The maximum atomic E-state index is 13.1. The highest BCUT2D eigenvalue weighted by molar-refractivity contribution is 9.10. The summed E-state index contributed by atoms with van der Waals surface area (Å²) in [6.07, 6.45) is 0. The van der Waals surface area contributed by atoms with E-state index in [4.69, 9.17) is 0 Å². The fourth-order valence-corrected chi connectivity index (χ4v) is 2.76. The molecule has 3 rings (SSSR count). The van der Waals surface area contributed by atoms with Crippen LogP contribution in [0.25, 0.3) is 10.8 Å². The van der Waals surface area contributed by atoms with Gasteiger partial charge in [0.25, 0.3) is 0 Å². The van der Waals surface area contributed by atoms with Crippen molar-refractivity contribution in [3.8, 4) is 0 Å². The second-order valence-corrected chi connectivity index (χ2v) is 6.05. The number of benzene rings is 3. The van der Waals surface area contributed by atoms with Crippen molar-refractivity contribution in [2.75, 3.05) is 5.32 Å². The van der Waals surface area contributed by atoms with Gasteiger partial charge in [0.2, 0.25) is 0 Å². The zero-order valence-electron chi connectivity index (χ0n) is 11.7. The van der Waals surface area contributed by atoms with Crippen LogP contribution in [0, 0.1) is 12.7 Å². The molecule has 0 fully saturated rings. The topological polar surface area (TPSA) is 12.0 Å². The molecule has 0 atom stereocenters. The Bertz CT molecular complexity index is 798. The maximum Gasteiger partial charge on any atom is 0.123 e. The molecule has 0 radical (unpaired) electrons. The zero-order chi connectivity index (χ0) is 14.8. The fourth-order valence-electron chi connectivity index (χ4n) is 2.38. The SMILES string of the molecule is Cc1cc(F)ccc1CNc1ccc2cc(Br)ccc2c1. The maximum absolute atomic E-state index is 13.1. The van der Waals surface area contributed by atoms with Gasteiger partial charge < -0.3 is 5.32 Å². The van der Waals surface area contributed by atoms with Gasteiger partial charge in [-0.05, 0) is 65.2 Å². The Labute approximate surface area is 131 Å². The van der Waals surface area contributed by atoms with E-state index in [1.165, 1.54) is 16.8 Å². The summed E-state index contributed by atoms with van der Waals surface area (Å²) in [7, 11) is 0. The van der Waals surface area contributed by atoms with Gasteiger partial charge in [0.1, 0.15) is 5.82 Å². The van der Waals surface area contributed by atoms with Crippen LogP contribution >= 0.6 is 15.9 Å². The number of hydrogen-bond acceptors (Lipinski definition) is 1. The molecule has 21 heavy (non-hydrogen) atoms. The van der Waals surface area contributed by atoms with E-state index < -0.39 is 0 Å². The normalized spacial score (nSPS) is 10.8. The van der Waals surface area contributed by atoms with Crippen LogP contribution in [0.3, 0.4) is 0 Å². The molecule has 0 aliphatic carbocycles. The lowest BCUT2D eigenvalue weighted by Gasteiger charge is -2.10. The highest BCUT2D eigenvalue weighted by atomic mass is 79.9. The van der Waals surface area contributed by atoms with Gasteiger partial charge in [-0.15, -0.1) is 0 Å². The lowest BCUT2D eigenvalue weighted by atomic mass is 10.1. The molecule has 0 bridgehead atoms. The number of nitrogens with one attached hydrogen (secondary N) is 1. The van der Waals surface area contributed by atoms with Gasteiger partial charge in [0.05, 0.1) is 0 Å². The van der Waals surface area contributed by atoms with E-state index in [-0.39, 0.29) is 5.82 Å². The Morgan fingerprint density at radius 2 is 1.71 bits per heavy atom. The lowest BCUT2D eigenvalue weighted by molar-refractivity contribution is 0.625. The Balaban J connectivity index is 1.80. The molecule has 0 spiro atoms. The number of hydrogen-bond donors (Lipinski definition) is 1. The Morgan fingerprint density at radius 1 is 0.952 bits per heavy atom. The van der Waals surface area contributed by atoms with Gasteiger partial charge in [-0.2, -0.15) is 0 Å². The summed E-state index contributed by atoms with van der Waals surface area (Å²) in [5.41, 5.74) is 3.13. The first-order chi connectivity index (χ1) is 10.1. The van der Waals surface area contributed by atoms with Crippen LogP contribution in [0.15, 0.2) is 59.1 Å². The second-order valence-electron chi connectivity index (χ2n) is 5.13. The van der Waals surface area contributed by atoms with Crippen LogP contribution < -0.4 is 5.32 Å². The van der Waals surface area contributed by atoms with E-state index in [1.807, 2.05) is 19.1 Å². The molecule has 106 valence electrons. The minimum atomic E-state index is -0.187. The molecular formula is C18H15BrFN. The Morgan fingerprint density at radius 3 is 2.52 bits per heavy atom. The van der Waals surface area contributed by atoms with Gasteiger partial charge in [0.15, 0.2) is 0 Å². The van der Waals surface area contributed by atoms with Crippen molar-refractivity contribution in [1.29, 1.82) is 0 Å². The van der Waals surface area contributed by atoms with Gasteiger partial charge in [-0.25, -0.2) is 4.39 Å². The predicted octanol–water partition coefficient (Wildman–Crippen LogP) is 5.66. The van der Waals surface area contributed by atoms with Crippen molar-refractivity contribution in [3.05, 3.63) is 76.0 Å². The number of fused-ring (bicyclic) bond motifs is 1. The van der Waals surface area contributed by atoms with E-state index in [0.717, 1.165) is 21.3 Å². The summed E-state index contributed by atoms with van der Waals surface area (Å²) >= 11 is 3.48. The third kappa shape index (κ3) is 3.24. The Kier molecular flexibility index (Phi) is 3.93. The van der Waals surface area contributed by atoms with Crippen LogP contribution in [0.5, 0.6) is 0 Å². The largest absolute Gasteiger partial charge is 0.381 e. The molecule has 0 aliphatic rings. The molecule has 0 unspecified atom stereocenters. The molecule has 1 nitrogen and oxygen atoms in total. The van der Waals surface area contributed by atoms with Gasteiger partial charge in [0, 0.05) is 16.7 Å². The third-order valence-electron chi connectivity index (χ3n) is 3.59. The standard InChI is InChI=1S/C18H15BrFN/c1-12-8-17(20)6-3-15(12)11-21-18-7-4-13-9-16(19)5-2-14(13)10-18/h2-10,21H,11H2,1H3. The monoisotopic (exact) mass is 343 g/mol. The molecule has 1 N–H and O–H groups in total. The predicted molar refractivity (Wildman–Crippen MR) is 90.1 cm³/mol. The summed E-state index contributed by atoms with van der Waals surface area (Å²) < 4.78 is 14.2. The number of anilines is 1. The smallest absolute Gasteiger partial charge is 0.123 e. The summed E-state index contributed by atoms with van der Waals surface area (Å²) in [4.78, 5) is 0. The summed E-state index contributed by atoms with van der Waals surface area (Å²) in [6, 6.07) is 17.4. The van der Waals surface area contributed by atoms with Crippen molar-refractivity contribution in [2.24, 2.45) is 0 Å². The van der Waals surface area contributed by atoms with Gasteiger partial charge >= 0.3 is 0 Å². The highest BCUT2D eigenvalue weighted by Gasteiger charge is 2.01. The number of rotatable bonds is 3. The van der Waals surface area contributed by atoms with Crippen LogP contribution in [-0.2, 0) is 6.54 Å². The minimum absolute atomic E-state index is 0.187. The fraction of sp³-hybridized carbons (Fsp3) is 0.111.